The normalized spacial score (nSPS) is 18.4. The molecule has 1 atom stereocenters. The molecule has 0 aliphatic carbocycles. The standard InChI is InChI=1S/C17H21N3OS/c1-22-12-13-5-4-10-20(11-13)17(21)15-7-3-2-6-14(15)16-18-8-9-19-16/h2-3,6-9,13H,4-5,10-12H2,1H3,(H,18,19)/t13-/m0/s1. The number of aromatic nitrogens is 2. The number of thioether (sulfide) groups is 1. The van der Waals surface area contributed by atoms with Crippen molar-refractivity contribution in [2.24, 2.45) is 5.92 Å². The maximum absolute atomic E-state index is 12.9. The SMILES string of the molecule is CSC[C@H]1CCCN(C(=O)c2ccccc2-c2ncc[nH]2)C1. The summed E-state index contributed by atoms with van der Waals surface area (Å²) in [7, 11) is 0. The number of carbonyl (C=O) groups excluding carboxylic acids is 1. The summed E-state index contributed by atoms with van der Waals surface area (Å²) < 4.78 is 0. The highest BCUT2D eigenvalue weighted by atomic mass is 32.2. The van der Waals surface area contributed by atoms with Crippen LogP contribution in [0.15, 0.2) is 36.7 Å². The molecule has 22 heavy (non-hydrogen) atoms. The second-order valence-corrected chi connectivity index (χ2v) is 6.61. The number of likely N-dealkylation sites (tertiary alicyclic amines) is 1. The molecule has 1 aliphatic rings. The van der Waals surface area contributed by atoms with Crippen molar-refractivity contribution in [3.8, 4) is 11.4 Å². The molecule has 2 heterocycles. The minimum atomic E-state index is 0.123. The Morgan fingerprint density at radius 2 is 2.32 bits per heavy atom. The van der Waals surface area contributed by atoms with Crippen LogP contribution in [-0.2, 0) is 0 Å². The van der Waals surface area contributed by atoms with Crippen LogP contribution < -0.4 is 0 Å². The Bertz CT molecular complexity index is 625. The van der Waals surface area contributed by atoms with Gasteiger partial charge in [0.05, 0.1) is 5.56 Å². The Labute approximate surface area is 135 Å². The molecule has 0 unspecified atom stereocenters. The number of benzene rings is 1. The first kappa shape index (κ1) is 15.2. The molecule has 0 spiro atoms. The number of piperidine rings is 1. The van der Waals surface area contributed by atoms with Crippen LogP contribution >= 0.6 is 11.8 Å². The summed E-state index contributed by atoms with van der Waals surface area (Å²) in [5, 5.41) is 0. The largest absolute Gasteiger partial charge is 0.345 e. The van der Waals surface area contributed by atoms with Crippen LogP contribution in [0.4, 0.5) is 0 Å². The number of aromatic amines is 1. The summed E-state index contributed by atoms with van der Waals surface area (Å²) in [5.74, 6) is 2.62. The molecule has 3 rings (SSSR count). The molecular formula is C17H21N3OS. The minimum absolute atomic E-state index is 0.123. The van der Waals surface area contributed by atoms with E-state index in [2.05, 4.69) is 16.2 Å². The van der Waals surface area contributed by atoms with Crippen molar-refractivity contribution in [1.82, 2.24) is 14.9 Å². The van der Waals surface area contributed by atoms with Gasteiger partial charge in [-0.2, -0.15) is 11.8 Å². The third kappa shape index (κ3) is 3.19. The fourth-order valence-corrected chi connectivity index (χ4v) is 3.82. The lowest BCUT2D eigenvalue weighted by atomic mass is 9.98. The van der Waals surface area contributed by atoms with Crippen LogP contribution in [0.5, 0.6) is 0 Å². The predicted molar refractivity (Wildman–Crippen MR) is 91.0 cm³/mol. The number of imidazole rings is 1. The summed E-state index contributed by atoms with van der Waals surface area (Å²) in [6.07, 6.45) is 7.95. The zero-order valence-electron chi connectivity index (χ0n) is 12.8. The van der Waals surface area contributed by atoms with Gasteiger partial charge in [-0.1, -0.05) is 18.2 Å². The van der Waals surface area contributed by atoms with E-state index in [0.717, 1.165) is 42.2 Å². The van der Waals surface area contributed by atoms with Crippen LogP contribution in [0.2, 0.25) is 0 Å². The lowest BCUT2D eigenvalue weighted by Gasteiger charge is -2.33. The maximum Gasteiger partial charge on any atom is 0.254 e. The Morgan fingerprint density at radius 1 is 1.45 bits per heavy atom. The van der Waals surface area contributed by atoms with Gasteiger partial charge in [-0.05, 0) is 36.8 Å². The van der Waals surface area contributed by atoms with Crippen molar-refractivity contribution in [1.29, 1.82) is 0 Å². The van der Waals surface area contributed by atoms with E-state index >= 15 is 0 Å². The van der Waals surface area contributed by atoms with Gasteiger partial charge in [-0.25, -0.2) is 4.98 Å². The van der Waals surface area contributed by atoms with Gasteiger partial charge in [0.1, 0.15) is 5.82 Å². The minimum Gasteiger partial charge on any atom is -0.345 e. The number of hydrogen-bond acceptors (Lipinski definition) is 3. The van der Waals surface area contributed by atoms with Crippen molar-refractivity contribution in [2.45, 2.75) is 12.8 Å². The van der Waals surface area contributed by atoms with Crippen molar-refractivity contribution in [2.75, 3.05) is 25.1 Å². The number of nitrogens with one attached hydrogen (secondary N) is 1. The second kappa shape index (κ2) is 7.01. The number of hydrogen-bond donors (Lipinski definition) is 1. The zero-order valence-corrected chi connectivity index (χ0v) is 13.6. The number of amides is 1. The Morgan fingerprint density at radius 3 is 3.09 bits per heavy atom. The smallest absolute Gasteiger partial charge is 0.254 e. The quantitative estimate of drug-likeness (QED) is 0.942. The highest BCUT2D eigenvalue weighted by Crippen LogP contribution is 2.25. The Hall–Kier alpha value is -1.75. The van der Waals surface area contributed by atoms with Gasteiger partial charge < -0.3 is 9.88 Å². The summed E-state index contributed by atoms with van der Waals surface area (Å²) in [4.78, 5) is 22.3. The predicted octanol–water partition coefficient (Wildman–Crippen LogP) is 3.29. The first-order chi connectivity index (χ1) is 10.8. The lowest BCUT2D eigenvalue weighted by molar-refractivity contribution is 0.0686. The second-order valence-electron chi connectivity index (χ2n) is 5.70. The summed E-state index contributed by atoms with van der Waals surface area (Å²) in [6, 6.07) is 7.72. The summed E-state index contributed by atoms with van der Waals surface area (Å²) in [6.45, 7) is 1.72. The zero-order chi connectivity index (χ0) is 15.4. The van der Waals surface area contributed by atoms with Crippen molar-refractivity contribution in [3.63, 3.8) is 0 Å². The molecule has 0 bridgehead atoms. The molecule has 0 saturated carbocycles. The fraction of sp³-hybridized carbons (Fsp3) is 0.412. The average Bonchev–Trinajstić information content (AvgIpc) is 3.09. The van der Waals surface area contributed by atoms with Crippen LogP contribution in [0.25, 0.3) is 11.4 Å². The van der Waals surface area contributed by atoms with E-state index in [1.54, 1.807) is 12.4 Å². The van der Waals surface area contributed by atoms with Crippen LogP contribution in [0.1, 0.15) is 23.2 Å². The van der Waals surface area contributed by atoms with E-state index in [4.69, 9.17) is 0 Å². The number of carbonyl (C=O) groups is 1. The van der Waals surface area contributed by atoms with E-state index in [9.17, 15) is 4.79 Å². The van der Waals surface area contributed by atoms with Crippen molar-refractivity contribution >= 4 is 17.7 Å². The van der Waals surface area contributed by atoms with E-state index in [1.807, 2.05) is 40.9 Å². The van der Waals surface area contributed by atoms with Gasteiger partial charge in [-0.15, -0.1) is 0 Å². The molecule has 1 amide bonds. The molecule has 1 aliphatic heterocycles. The van der Waals surface area contributed by atoms with Crippen LogP contribution in [0, 0.1) is 5.92 Å². The molecule has 0 radical (unpaired) electrons. The molecule has 1 saturated heterocycles. The monoisotopic (exact) mass is 315 g/mol. The molecular weight excluding hydrogens is 294 g/mol. The Kier molecular flexibility index (Phi) is 4.83. The molecule has 2 aromatic rings. The lowest BCUT2D eigenvalue weighted by Crippen LogP contribution is -2.40. The van der Waals surface area contributed by atoms with E-state index in [0.29, 0.717) is 5.92 Å². The van der Waals surface area contributed by atoms with E-state index < -0.39 is 0 Å². The third-order valence-corrected chi connectivity index (χ3v) is 4.92. The fourth-order valence-electron chi connectivity index (χ4n) is 3.08. The highest BCUT2D eigenvalue weighted by Gasteiger charge is 2.26. The van der Waals surface area contributed by atoms with E-state index in [1.165, 1.54) is 6.42 Å². The van der Waals surface area contributed by atoms with Crippen LogP contribution in [0.3, 0.4) is 0 Å². The number of rotatable bonds is 4. The molecule has 116 valence electrons. The van der Waals surface area contributed by atoms with Gasteiger partial charge in [0.2, 0.25) is 0 Å². The maximum atomic E-state index is 12.9. The number of nitrogens with zero attached hydrogens (tertiary/aromatic N) is 2. The topological polar surface area (TPSA) is 49.0 Å². The van der Waals surface area contributed by atoms with Crippen molar-refractivity contribution in [3.05, 3.63) is 42.2 Å². The third-order valence-electron chi connectivity index (χ3n) is 4.12. The molecule has 1 N–H and O–H groups in total. The molecule has 1 fully saturated rings. The van der Waals surface area contributed by atoms with Gasteiger partial charge >= 0.3 is 0 Å². The average molecular weight is 315 g/mol. The van der Waals surface area contributed by atoms with Gasteiger partial charge in [-0.3, -0.25) is 4.79 Å². The first-order valence-electron chi connectivity index (χ1n) is 7.66. The van der Waals surface area contributed by atoms with Gasteiger partial charge in [0.15, 0.2) is 0 Å². The molecule has 1 aromatic heterocycles. The molecule has 5 heteroatoms. The first-order valence-corrected chi connectivity index (χ1v) is 9.06. The van der Waals surface area contributed by atoms with Gasteiger partial charge in [0, 0.05) is 31.0 Å². The highest BCUT2D eigenvalue weighted by molar-refractivity contribution is 7.98. The van der Waals surface area contributed by atoms with E-state index in [-0.39, 0.29) is 5.91 Å². The van der Waals surface area contributed by atoms with Gasteiger partial charge in [0.25, 0.3) is 5.91 Å². The summed E-state index contributed by atoms with van der Waals surface area (Å²) in [5.41, 5.74) is 1.62. The van der Waals surface area contributed by atoms with Crippen molar-refractivity contribution < 1.29 is 4.79 Å². The summed E-state index contributed by atoms with van der Waals surface area (Å²) >= 11 is 1.87. The molecule has 1 aromatic carbocycles. The van der Waals surface area contributed by atoms with Crippen LogP contribution in [-0.4, -0.2) is 45.9 Å². The Balaban J connectivity index is 1.83. The number of H-pyrrole nitrogens is 1. The molecule has 4 nitrogen and oxygen atoms in total.